The van der Waals surface area contributed by atoms with Gasteiger partial charge in [0.1, 0.15) is 0 Å². The third-order valence-corrected chi connectivity index (χ3v) is 4.34. The van der Waals surface area contributed by atoms with Crippen molar-refractivity contribution in [1.82, 2.24) is 10.2 Å². The molecule has 0 unspecified atom stereocenters. The second-order valence-electron chi connectivity index (χ2n) is 6.16. The fourth-order valence-electron chi connectivity index (χ4n) is 2.94. The van der Waals surface area contributed by atoms with Crippen molar-refractivity contribution in [3.05, 3.63) is 53.1 Å². The topological polar surface area (TPSA) is 60.0 Å². The van der Waals surface area contributed by atoms with Crippen LogP contribution in [-0.4, -0.2) is 38.8 Å². The molecule has 2 aromatic carbocycles. The molecule has 0 heterocycles. The molecule has 0 aliphatic rings. The Labute approximate surface area is 161 Å². The molecule has 0 atom stereocenters. The van der Waals surface area contributed by atoms with Crippen LogP contribution in [0, 0.1) is 6.92 Å². The summed E-state index contributed by atoms with van der Waals surface area (Å²) >= 11 is 0. The fourth-order valence-corrected chi connectivity index (χ4v) is 2.94. The van der Waals surface area contributed by atoms with E-state index in [1.54, 1.807) is 32.3 Å². The highest BCUT2D eigenvalue weighted by Crippen LogP contribution is 2.39. The summed E-state index contributed by atoms with van der Waals surface area (Å²) < 4.78 is 16.1. The van der Waals surface area contributed by atoms with Crippen LogP contribution in [0.25, 0.3) is 0 Å². The number of urea groups is 1. The first-order valence-electron chi connectivity index (χ1n) is 8.90. The third kappa shape index (κ3) is 5.06. The van der Waals surface area contributed by atoms with Crippen molar-refractivity contribution in [3.8, 4) is 17.2 Å². The summed E-state index contributed by atoms with van der Waals surface area (Å²) in [5, 5.41) is 2.96. The maximum atomic E-state index is 12.6. The van der Waals surface area contributed by atoms with Crippen LogP contribution in [0.1, 0.15) is 23.6 Å². The summed E-state index contributed by atoms with van der Waals surface area (Å²) in [6, 6.07) is 11.7. The van der Waals surface area contributed by atoms with Gasteiger partial charge in [0.05, 0.1) is 21.3 Å². The van der Waals surface area contributed by atoms with Crippen molar-refractivity contribution in [2.45, 2.75) is 26.9 Å². The van der Waals surface area contributed by atoms with Crippen LogP contribution in [0.2, 0.25) is 0 Å². The molecule has 0 saturated carbocycles. The number of nitrogens with zero attached hydrogens (tertiary/aromatic N) is 1. The zero-order valence-electron chi connectivity index (χ0n) is 16.7. The molecule has 0 aliphatic heterocycles. The molecule has 0 spiro atoms. The highest BCUT2D eigenvalue weighted by Gasteiger charge is 2.17. The van der Waals surface area contributed by atoms with E-state index in [1.807, 2.05) is 38.1 Å². The van der Waals surface area contributed by atoms with Crippen LogP contribution in [0.15, 0.2) is 36.4 Å². The van der Waals surface area contributed by atoms with E-state index in [1.165, 1.54) is 5.56 Å². The molecular formula is C21H28N2O4. The van der Waals surface area contributed by atoms with Crippen LogP contribution in [0.5, 0.6) is 17.2 Å². The van der Waals surface area contributed by atoms with E-state index >= 15 is 0 Å². The van der Waals surface area contributed by atoms with E-state index in [0.717, 1.165) is 11.1 Å². The number of nitrogens with one attached hydrogen (secondary N) is 1. The summed E-state index contributed by atoms with van der Waals surface area (Å²) in [7, 11) is 4.70. The molecule has 6 heteroatoms. The monoisotopic (exact) mass is 372 g/mol. The Kier molecular flexibility index (Phi) is 7.34. The number of amides is 2. The summed E-state index contributed by atoms with van der Waals surface area (Å²) in [4.78, 5) is 14.4. The lowest BCUT2D eigenvalue weighted by Gasteiger charge is -2.22. The molecule has 0 aliphatic carbocycles. The summed E-state index contributed by atoms with van der Waals surface area (Å²) in [5.41, 5.74) is 3.10. The van der Waals surface area contributed by atoms with E-state index < -0.39 is 0 Å². The first-order valence-corrected chi connectivity index (χ1v) is 8.90. The molecule has 0 fully saturated rings. The minimum atomic E-state index is -0.129. The molecule has 1 N–H and O–H groups in total. The largest absolute Gasteiger partial charge is 0.493 e. The van der Waals surface area contributed by atoms with Gasteiger partial charge in [0.2, 0.25) is 5.75 Å². The van der Waals surface area contributed by atoms with Gasteiger partial charge in [-0.25, -0.2) is 4.79 Å². The number of carbonyl (C=O) groups is 1. The Morgan fingerprint density at radius 3 is 2.37 bits per heavy atom. The van der Waals surface area contributed by atoms with Gasteiger partial charge < -0.3 is 24.4 Å². The number of hydrogen-bond acceptors (Lipinski definition) is 4. The molecule has 2 aromatic rings. The van der Waals surface area contributed by atoms with Crippen molar-refractivity contribution in [2.75, 3.05) is 27.9 Å². The van der Waals surface area contributed by atoms with Crippen LogP contribution in [0.3, 0.4) is 0 Å². The zero-order chi connectivity index (χ0) is 19.8. The van der Waals surface area contributed by atoms with E-state index in [-0.39, 0.29) is 6.03 Å². The Hall–Kier alpha value is -2.89. The number of rotatable bonds is 8. The van der Waals surface area contributed by atoms with Crippen LogP contribution >= 0.6 is 0 Å². The van der Waals surface area contributed by atoms with Gasteiger partial charge in [-0.2, -0.15) is 0 Å². The number of aryl methyl sites for hydroxylation is 1. The van der Waals surface area contributed by atoms with E-state index in [2.05, 4.69) is 11.4 Å². The number of carbonyl (C=O) groups excluding carboxylic acids is 1. The van der Waals surface area contributed by atoms with E-state index in [9.17, 15) is 4.79 Å². The Morgan fingerprint density at radius 1 is 1.04 bits per heavy atom. The molecule has 0 aromatic heterocycles. The maximum absolute atomic E-state index is 12.6. The Bertz CT molecular complexity index is 777. The normalized spacial score (nSPS) is 10.3. The summed E-state index contributed by atoms with van der Waals surface area (Å²) in [5.74, 6) is 1.65. The van der Waals surface area contributed by atoms with Crippen molar-refractivity contribution < 1.29 is 19.0 Å². The SMILES string of the molecule is CCN(Cc1cccc(C)c1)C(=O)NCc1ccc(OC)c(OC)c1OC. The molecule has 146 valence electrons. The Balaban J connectivity index is 2.09. The second-order valence-corrected chi connectivity index (χ2v) is 6.16. The molecule has 0 radical (unpaired) electrons. The number of benzene rings is 2. The molecule has 27 heavy (non-hydrogen) atoms. The highest BCUT2D eigenvalue weighted by molar-refractivity contribution is 5.74. The van der Waals surface area contributed by atoms with Gasteiger partial charge in [-0.15, -0.1) is 0 Å². The average molecular weight is 372 g/mol. The van der Waals surface area contributed by atoms with Crippen molar-refractivity contribution in [2.24, 2.45) is 0 Å². The van der Waals surface area contributed by atoms with Crippen LogP contribution in [-0.2, 0) is 13.1 Å². The minimum Gasteiger partial charge on any atom is -0.493 e. The quantitative estimate of drug-likeness (QED) is 0.767. The standard InChI is InChI=1S/C21H28N2O4/c1-6-23(14-16-9-7-8-15(2)12-16)21(24)22-13-17-10-11-18(25-3)20(27-5)19(17)26-4/h7-12H,6,13-14H2,1-5H3,(H,22,24). The Morgan fingerprint density at radius 2 is 1.78 bits per heavy atom. The first-order chi connectivity index (χ1) is 13.0. The average Bonchev–Trinajstić information content (AvgIpc) is 2.69. The minimum absolute atomic E-state index is 0.129. The predicted molar refractivity (Wildman–Crippen MR) is 106 cm³/mol. The van der Waals surface area contributed by atoms with Crippen molar-refractivity contribution >= 4 is 6.03 Å². The van der Waals surface area contributed by atoms with Crippen molar-refractivity contribution in [3.63, 3.8) is 0 Å². The van der Waals surface area contributed by atoms with Crippen LogP contribution in [0.4, 0.5) is 4.79 Å². The van der Waals surface area contributed by atoms with Gasteiger partial charge in [0.25, 0.3) is 0 Å². The fraction of sp³-hybridized carbons (Fsp3) is 0.381. The van der Waals surface area contributed by atoms with Crippen LogP contribution < -0.4 is 19.5 Å². The molecule has 2 amide bonds. The lowest BCUT2D eigenvalue weighted by atomic mass is 10.1. The summed E-state index contributed by atoms with van der Waals surface area (Å²) in [6.45, 7) is 5.51. The van der Waals surface area contributed by atoms with Gasteiger partial charge in [0, 0.05) is 25.2 Å². The zero-order valence-corrected chi connectivity index (χ0v) is 16.7. The third-order valence-electron chi connectivity index (χ3n) is 4.34. The lowest BCUT2D eigenvalue weighted by molar-refractivity contribution is 0.197. The second kappa shape index (κ2) is 9.71. The van der Waals surface area contributed by atoms with Gasteiger partial charge in [-0.05, 0) is 31.5 Å². The predicted octanol–water partition coefficient (Wildman–Crippen LogP) is 3.75. The molecule has 6 nitrogen and oxygen atoms in total. The smallest absolute Gasteiger partial charge is 0.317 e. The van der Waals surface area contributed by atoms with Crippen molar-refractivity contribution in [1.29, 1.82) is 0 Å². The van der Waals surface area contributed by atoms with Gasteiger partial charge in [-0.1, -0.05) is 29.8 Å². The number of ether oxygens (including phenoxy) is 3. The molecular weight excluding hydrogens is 344 g/mol. The molecule has 0 saturated heterocycles. The molecule has 2 rings (SSSR count). The van der Waals surface area contributed by atoms with E-state index in [4.69, 9.17) is 14.2 Å². The van der Waals surface area contributed by atoms with E-state index in [0.29, 0.717) is 36.9 Å². The van der Waals surface area contributed by atoms with Gasteiger partial charge in [-0.3, -0.25) is 0 Å². The molecule has 0 bridgehead atoms. The lowest BCUT2D eigenvalue weighted by Crippen LogP contribution is -2.39. The maximum Gasteiger partial charge on any atom is 0.317 e. The number of methoxy groups -OCH3 is 3. The summed E-state index contributed by atoms with van der Waals surface area (Å²) in [6.07, 6.45) is 0. The van der Waals surface area contributed by atoms with Gasteiger partial charge in [0.15, 0.2) is 11.5 Å². The number of hydrogen-bond donors (Lipinski definition) is 1. The van der Waals surface area contributed by atoms with Gasteiger partial charge >= 0.3 is 6.03 Å². The highest BCUT2D eigenvalue weighted by atomic mass is 16.5. The first kappa shape index (κ1) is 20.4.